The van der Waals surface area contributed by atoms with Crippen molar-refractivity contribution in [1.29, 1.82) is 0 Å². The molecule has 1 heterocycles. The van der Waals surface area contributed by atoms with Gasteiger partial charge in [0.2, 0.25) is 17.7 Å². The molecule has 6 unspecified atom stereocenters. The molecule has 3 amide bonds. The first-order valence-corrected chi connectivity index (χ1v) is 12.3. The zero-order valence-electron chi connectivity index (χ0n) is 21.5. The highest BCUT2D eigenvalue weighted by atomic mass is 16.4. The molecule has 0 aliphatic heterocycles. The lowest BCUT2D eigenvalue weighted by molar-refractivity contribution is -0.143. The van der Waals surface area contributed by atoms with Crippen LogP contribution in [0.5, 0.6) is 5.75 Å². The lowest BCUT2D eigenvalue weighted by Crippen LogP contribution is -2.61. The van der Waals surface area contributed by atoms with Gasteiger partial charge in [-0.25, -0.2) is 9.78 Å². The summed E-state index contributed by atoms with van der Waals surface area (Å²) in [6.07, 6.45) is 2.18. The summed E-state index contributed by atoms with van der Waals surface area (Å²) < 4.78 is 0. The molecule has 0 aliphatic rings. The van der Waals surface area contributed by atoms with Crippen molar-refractivity contribution in [2.75, 3.05) is 0 Å². The van der Waals surface area contributed by atoms with Crippen molar-refractivity contribution >= 4 is 23.7 Å². The van der Waals surface area contributed by atoms with Gasteiger partial charge < -0.3 is 42.0 Å². The van der Waals surface area contributed by atoms with Crippen LogP contribution in [0.2, 0.25) is 0 Å². The van der Waals surface area contributed by atoms with Crippen LogP contribution in [0.1, 0.15) is 38.4 Å². The van der Waals surface area contributed by atoms with E-state index in [4.69, 9.17) is 5.73 Å². The molecule has 0 saturated heterocycles. The minimum atomic E-state index is -1.49. The summed E-state index contributed by atoms with van der Waals surface area (Å²) in [5, 5.41) is 36.6. The maximum absolute atomic E-state index is 13.2. The number of aliphatic hydroxyl groups excluding tert-OH is 1. The quantitative estimate of drug-likeness (QED) is 0.152. The van der Waals surface area contributed by atoms with Crippen LogP contribution in [-0.2, 0) is 32.0 Å². The van der Waals surface area contributed by atoms with E-state index < -0.39 is 54.0 Å². The number of carboxylic acids is 1. The van der Waals surface area contributed by atoms with Gasteiger partial charge in [0.15, 0.2) is 0 Å². The number of rotatable bonds is 14. The van der Waals surface area contributed by atoms with E-state index in [0.29, 0.717) is 17.7 Å². The maximum atomic E-state index is 13.2. The van der Waals surface area contributed by atoms with Crippen LogP contribution < -0.4 is 21.7 Å². The number of hydrogen-bond acceptors (Lipinski definition) is 8. The second kappa shape index (κ2) is 14.1. The van der Waals surface area contributed by atoms with E-state index in [2.05, 4.69) is 25.9 Å². The van der Waals surface area contributed by atoms with Crippen molar-refractivity contribution in [2.45, 2.75) is 70.3 Å². The molecule has 0 saturated carbocycles. The van der Waals surface area contributed by atoms with Gasteiger partial charge in [0, 0.05) is 24.7 Å². The van der Waals surface area contributed by atoms with Crippen molar-refractivity contribution in [2.24, 2.45) is 11.7 Å². The molecule has 0 bridgehead atoms. The molecule has 13 heteroatoms. The molecule has 0 fully saturated rings. The number of aromatic amines is 1. The van der Waals surface area contributed by atoms with E-state index >= 15 is 0 Å². The average molecular weight is 533 g/mol. The third-order valence-electron chi connectivity index (χ3n) is 6.18. The largest absolute Gasteiger partial charge is 0.508 e. The standard InChI is InChI=1S/C25H36N6O7/c1-4-13(2)20(30-22(34)18(26)10-16-11-27-12-28-16)23(35)31-21(14(3)32)24(36)29-19(25(37)38)9-15-5-7-17(33)8-6-15/h5-8,11-14,18-21,32-33H,4,9-10,26H2,1-3H3,(H,27,28)(H,29,36)(H,30,34)(H,31,35)(H,37,38). The number of benzene rings is 1. The number of amides is 3. The van der Waals surface area contributed by atoms with Crippen LogP contribution in [0, 0.1) is 5.92 Å². The predicted octanol–water partition coefficient (Wildman–Crippen LogP) is -0.806. The van der Waals surface area contributed by atoms with E-state index in [1.807, 2.05) is 6.92 Å². The highest BCUT2D eigenvalue weighted by Gasteiger charge is 2.34. The van der Waals surface area contributed by atoms with Crippen molar-refractivity contribution in [3.63, 3.8) is 0 Å². The van der Waals surface area contributed by atoms with Gasteiger partial charge in [0.25, 0.3) is 0 Å². The average Bonchev–Trinajstić information content (AvgIpc) is 3.38. The van der Waals surface area contributed by atoms with Crippen LogP contribution in [-0.4, -0.2) is 79.2 Å². The fraction of sp³-hybridized carbons (Fsp3) is 0.480. The number of aliphatic carboxylic acids is 1. The Labute approximate surface area is 220 Å². The minimum absolute atomic E-state index is 0.00626. The molecule has 6 atom stereocenters. The lowest BCUT2D eigenvalue weighted by atomic mass is 9.96. The SMILES string of the molecule is CCC(C)C(NC(=O)C(N)Cc1cnc[nH]1)C(=O)NC(C(=O)NC(Cc1ccc(O)cc1)C(=O)O)C(C)O. The van der Waals surface area contributed by atoms with Gasteiger partial charge >= 0.3 is 5.97 Å². The van der Waals surface area contributed by atoms with Gasteiger partial charge in [-0.05, 0) is 30.5 Å². The number of carbonyl (C=O) groups is 4. The third kappa shape index (κ3) is 8.85. The van der Waals surface area contributed by atoms with Gasteiger partial charge in [-0.1, -0.05) is 32.4 Å². The van der Waals surface area contributed by atoms with Crippen LogP contribution in [0.3, 0.4) is 0 Å². The number of phenolic OH excluding ortho intramolecular Hbond substituents is 1. The Balaban J connectivity index is 2.11. The Kier molecular flexibility index (Phi) is 11.2. The minimum Gasteiger partial charge on any atom is -0.508 e. The number of nitrogens with zero attached hydrogens (tertiary/aromatic N) is 1. The zero-order valence-corrected chi connectivity index (χ0v) is 21.5. The Morgan fingerprint density at radius 3 is 2.11 bits per heavy atom. The van der Waals surface area contributed by atoms with E-state index in [1.165, 1.54) is 43.7 Å². The summed E-state index contributed by atoms with van der Waals surface area (Å²) in [5.41, 5.74) is 7.17. The summed E-state index contributed by atoms with van der Waals surface area (Å²) in [4.78, 5) is 57.3. The number of carboxylic acid groups (broad SMARTS) is 1. The predicted molar refractivity (Wildman–Crippen MR) is 137 cm³/mol. The van der Waals surface area contributed by atoms with Gasteiger partial charge in [-0.3, -0.25) is 14.4 Å². The highest BCUT2D eigenvalue weighted by molar-refractivity contribution is 5.94. The zero-order chi connectivity index (χ0) is 28.4. The van der Waals surface area contributed by atoms with Gasteiger partial charge in [-0.15, -0.1) is 0 Å². The van der Waals surface area contributed by atoms with Crippen molar-refractivity contribution < 1.29 is 34.5 Å². The van der Waals surface area contributed by atoms with Crippen LogP contribution in [0.15, 0.2) is 36.8 Å². The van der Waals surface area contributed by atoms with Gasteiger partial charge in [0.1, 0.15) is 23.9 Å². The fourth-order valence-electron chi connectivity index (χ4n) is 3.67. The molecule has 0 radical (unpaired) electrons. The smallest absolute Gasteiger partial charge is 0.326 e. The molecule has 2 rings (SSSR count). The van der Waals surface area contributed by atoms with E-state index in [1.54, 1.807) is 6.92 Å². The Morgan fingerprint density at radius 2 is 1.58 bits per heavy atom. The summed E-state index contributed by atoms with van der Waals surface area (Å²) in [6.45, 7) is 4.83. The first-order chi connectivity index (χ1) is 17.9. The van der Waals surface area contributed by atoms with Gasteiger partial charge in [-0.2, -0.15) is 0 Å². The molecule has 9 N–H and O–H groups in total. The number of aromatic nitrogens is 2. The maximum Gasteiger partial charge on any atom is 0.326 e. The molecule has 0 aliphatic carbocycles. The number of carbonyl (C=O) groups excluding carboxylic acids is 3. The summed E-state index contributed by atoms with van der Waals surface area (Å²) in [6, 6.07) is 0.910. The van der Waals surface area contributed by atoms with Crippen LogP contribution in [0.25, 0.3) is 0 Å². The second-order valence-electron chi connectivity index (χ2n) is 9.26. The van der Waals surface area contributed by atoms with E-state index in [-0.39, 0.29) is 24.5 Å². The number of nitrogens with one attached hydrogen (secondary N) is 4. The number of phenols is 1. The number of aromatic hydroxyl groups is 1. The normalized spacial score (nSPS) is 15.8. The van der Waals surface area contributed by atoms with Crippen LogP contribution >= 0.6 is 0 Å². The lowest BCUT2D eigenvalue weighted by Gasteiger charge is -2.29. The molecule has 2 aromatic rings. The van der Waals surface area contributed by atoms with Crippen molar-refractivity contribution in [1.82, 2.24) is 25.9 Å². The molecule has 1 aromatic carbocycles. The summed E-state index contributed by atoms with van der Waals surface area (Å²) in [5.74, 6) is -3.89. The number of hydrogen-bond donors (Lipinski definition) is 8. The molecular weight excluding hydrogens is 496 g/mol. The Hall–Kier alpha value is -3.97. The van der Waals surface area contributed by atoms with E-state index in [0.717, 1.165) is 0 Å². The summed E-state index contributed by atoms with van der Waals surface area (Å²) >= 11 is 0. The highest BCUT2D eigenvalue weighted by Crippen LogP contribution is 2.13. The first kappa shape index (κ1) is 30.3. The van der Waals surface area contributed by atoms with Crippen molar-refractivity contribution in [3.05, 3.63) is 48.0 Å². The third-order valence-corrected chi connectivity index (χ3v) is 6.18. The number of aliphatic hydroxyl groups is 1. The van der Waals surface area contributed by atoms with Gasteiger partial charge in [0.05, 0.1) is 18.5 Å². The first-order valence-electron chi connectivity index (χ1n) is 12.3. The molecule has 1 aromatic heterocycles. The second-order valence-corrected chi connectivity index (χ2v) is 9.26. The molecule has 38 heavy (non-hydrogen) atoms. The number of nitrogens with two attached hydrogens (primary N) is 1. The summed E-state index contributed by atoms with van der Waals surface area (Å²) in [7, 11) is 0. The Bertz CT molecular complexity index is 1070. The number of imidazole rings is 1. The molecule has 13 nitrogen and oxygen atoms in total. The van der Waals surface area contributed by atoms with E-state index in [9.17, 15) is 34.5 Å². The number of H-pyrrole nitrogens is 1. The molecular formula is C25H36N6O7. The topological polar surface area (TPSA) is 220 Å². The Morgan fingerprint density at radius 1 is 0.974 bits per heavy atom. The molecule has 208 valence electrons. The molecule has 0 spiro atoms. The van der Waals surface area contributed by atoms with Crippen LogP contribution in [0.4, 0.5) is 0 Å². The monoisotopic (exact) mass is 532 g/mol. The van der Waals surface area contributed by atoms with Crippen molar-refractivity contribution in [3.8, 4) is 5.75 Å². The fourth-order valence-corrected chi connectivity index (χ4v) is 3.67.